The van der Waals surface area contributed by atoms with Gasteiger partial charge in [0.1, 0.15) is 23.3 Å². The topological polar surface area (TPSA) is 70.4 Å². The summed E-state index contributed by atoms with van der Waals surface area (Å²) in [6.07, 6.45) is 0.958. The fourth-order valence-electron chi connectivity index (χ4n) is 5.96. The zero-order valence-electron chi connectivity index (χ0n) is 23.7. The van der Waals surface area contributed by atoms with Crippen molar-refractivity contribution in [1.82, 2.24) is 5.32 Å². The van der Waals surface area contributed by atoms with Gasteiger partial charge in [0.05, 0.1) is 6.04 Å². The number of carbonyl (C=O) groups excluding carboxylic acids is 1. The Labute approximate surface area is 248 Å². The van der Waals surface area contributed by atoms with Crippen LogP contribution in [0.1, 0.15) is 36.0 Å². The van der Waals surface area contributed by atoms with E-state index in [4.69, 9.17) is 5.73 Å². The molecule has 43 heavy (non-hydrogen) atoms. The fourth-order valence-corrected chi connectivity index (χ4v) is 5.96. The summed E-state index contributed by atoms with van der Waals surface area (Å²) in [7, 11) is 0. The summed E-state index contributed by atoms with van der Waals surface area (Å²) in [4.78, 5) is 15.9. The van der Waals surface area contributed by atoms with Crippen molar-refractivity contribution >= 4 is 17.3 Å². The van der Waals surface area contributed by atoms with Gasteiger partial charge in [0.25, 0.3) is 0 Å². The largest absolute Gasteiger partial charge is 0.363 e. The number of nitrogens with two attached hydrogens (primary N) is 1. The molecule has 0 saturated carbocycles. The highest BCUT2D eigenvalue weighted by Gasteiger charge is 2.31. The van der Waals surface area contributed by atoms with E-state index >= 15 is 4.39 Å². The second-order valence-corrected chi connectivity index (χ2v) is 11.0. The van der Waals surface area contributed by atoms with Crippen LogP contribution in [0.3, 0.4) is 0 Å². The summed E-state index contributed by atoms with van der Waals surface area (Å²) >= 11 is 0. The molecule has 0 unspecified atom stereocenters. The lowest BCUT2D eigenvalue weighted by Crippen LogP contribution is -2.56. The van der Waals surface area contributed by atoms with Crippen molar-refractivity contribution in [3.8, 4) is 0 Å². The quantitative estimate of drug-likeness (QED) is 0.205. The summed E-state index contributed by atoms with van der Waals surface area (Å²) in [5, 5.41) is 6.21. The van der Waals surface area contributed by atoms with Gasteiger partial charge in [0, 0.05) is 54.1 Å². The van der Waals surface area contributed by atoms with Crippen LogP contribution in [0, 0.1) is 23.3 Å². The van der Waals surface area contributed by atoms with Crippen LogP contribution in [-0.2, 0) is 11.2 Å². The van der Waals surface area contributed by atoms with E-state index in [0.717, 1.165) is 37.0 Å². The average molecular weight is 591 g/mol. The number of hydrogen-bond acceptors (Lipinski definition) is 4. The van der Waals surface area contributed by atoms with Gasteiger partial charge in [-0.3, -0.25) is 4.79 Å². The molecule has 1 aliphatic heterocycles. The van der Waals surface area contributed by atoms with E-state index < -0.39 is 41.1 Å². The fraction of sp³-hybridized carbons (Fsp3) is 0.265. The maximum atomic E-state index is 15.2. The second-order valence-electron chi connectivity index (χ2n) is 11.0. The van der Waals surface area contributed by atoms with Crippen LogP contribution in [0.15, 0.2) is 91.0 Å². The van der Waals surface area contributed by atoms with Gasteiger partial charge >= 0.3 is 0 Å². The van der Waals surface area contributed by atoms with E-state index in [1.165, 1.54) is 36.4 Å². The van der Waals surface area contributed by atoms with Crippen molar-refractivity contribution in [3.05, 3.63) is 131 Å². The molecule has 5 rings (SSSR count). The smallest absolute Gasteiger partial charge is 0.242 e. The summed E-state index contributed by atoms with van der Waals surface area (Å²) in [5.74, 6) is -4.32. The summed E-state index contributed by atoms with van der Waals surface area (Å²) in [6, 6.07) is 21.6. The normalized spacial score (nSPS) is 18.2. The van der Waals surface area contributed by atoms with E-state index in [1.807, 2.05) is 18.2 Å². The van der Waals surface area contributed by atoms with Gasteiger partial charge in [-0.2, -0.15) is 0 Å². The molecule has 4 aromatic rings. The third-order valence-electron chi connectivity index (χ3n) is 7.98. The van der Waals surface area contributed by atoms with Crippen molar-refractivity contribution in [2.45, 2.75) is 43.8 Å². The lowest BCUT2D eigenvalue weighted by atomic mass is 9.84. The van der Waals surface area contributed by atoms with Crippen LogP contribution in [0.4, 0.5) is 28.9 Å². The molecule has 1 heterocycles. The highest BCUT2D eigenvalue weighted by Crippen LogP contribution is 2.31. The van der Waals surface area contributed by atoms with Gasteiger partial charge in [-0.15, -0.1) is 0 Å². The van der Waals surface area contributed by atoms with Crippen LogP contribution in [-0.4, -0.2) is 37.1 Å². The highest BCUT2D eigenvalue weighted by molar-refractivity contribution is 5.96. The Balaban J connectivity index is 1.38. The molecular formula is C34H34F4N4O. The van der Waals surface area contributed by atoms with Gasteiger partial charge < -0.3 is 21.3 Å². The molecule has 0 bridgehead atoms. The first-order valence-electron chi connectivity index (χ1n) is 14.3. The van der Waals surface area contributed by atoms with E-state index in [9.17, 15) is 18.0 Å². The number of nitrogens with one attached hydrogen (secondary N) is 2. The van der Waals surface area contributed by atoms with Crippen LogP contribution < -0.4 is 21.3 Å². The molecule has 5 nitrogen and oxygen atoms in total. The Morgan fingerprint density at radius 3 is 2.28 bits per heavy atom. The van der Waals surface area contributed by atoms with Gasteiger partial charge in [-0.05, 0) is 79.4 Å². The zero-order valence-corrected chi connectivity index (χ0v) is 23.7. The number of halogens is 4. The third kappa shape index (κ3) is 7.06. The Morgan fingerprint density at radius 2 is 1.58 bits per heavy atom. The van der Waals surface area contributed by atoms with Gasteiger partial charge in [0.15, 0.2) is 0 Å². The van der Waals surface area contributed by atoms with E-state index in [0.29, 0.717) is 24.0 Å². The van der Waals surface area contributed by atoms with Crippen LogP contribution in [0.25, 0.3) is 0 Å². The maximum absolute atomic E-state index is 15.2. The number of amides is 1. The van der Waals surface area contributed by atoms with Crippen LogP contribution >= 0.6 is 0 Å². The number of benzene rings is 4. The Kier molecular flexibility index (Phi) is 9.43. The monoisotopic (exact) mass is 590 g/mol. The number of anilines is 2. The minimum atomic E-state index is -1.33. The zero-order chi connectivity index (χ0) is 30.5. The molecule has 9 heteroatoms. The van der Waals surface area contributed by atoms with Crippen LogP contribution in [0.2, 0.25) is 0 Å². The van der Waals surface area contributed by atoms with Crippen molar-refractivity contribution in [2.24, 2.45) is 5.73 Å². The number of nitrogens with zero attached hydrogens (tertiary/aromatic N) is 1. The standard InChI is InChI=1S/C34H34F4N4O/c1-21-19-40-20-28(42(21)27-6-3-2-4-7-27)14-15-29-30(38)8-5-9-31(29)41-34(43)33(39)32(22-10-12-24(35)13-11-22)23-16-25(36)18-26(37)17-23/h2-13,16-18,21,28,32-33,40H,14-15,19-20,39H2,1H3,(H,41,43)/t21-,28+,32+,33+/m1/s1. The third-order valence-corrected chi connectivity index (χ3v) is 7.98. The number of rotatable bonds is 9. The summed E-state index contributed by atoms with van der Waals surface area (Å²) in [6.45, 7) is 3.70. The molecule has 0 spiro atoms. The van der Waals surface area contributed by atoms with Crippen molar-refractivity contribution in [1.29, 1.82) is 0 Å². The molecule has 0 aromatic heterocycles. The lowest BCUT2D eigenvalue weighted by molar-refractivity contribution is -0.117. The SMILES string of the molecule is C[C@@H]1CNC[C@H](CCc2c(F)cccc2NC(=O)[C@@H](N)[C@@H](c2ccc(F)cc2)c2cc(F)cc(F)c2)N1c1ccccc1. The predicted octanol–water partition coefficient (Wildman–Crippen LogP) is 6.14. The molecule has 0 radical (unpaired) electrons. The minimum Gasteiger partial charge on any atom is -0.363 e. The van der Waals surface area contributed by atoms with Crippen molar-refractivity contribution in [2.75, 3.05) is 23.3 Å². The average Bonchev–Trinajstić information content (AvgIpc) is 2.98. The molecule has 1 fully saturated rings. The number of carbonyl (C=O) groups is 1. The van der Waals surface area contributed by atoms with E-state index in [1.54, 1.807) is 6.07 Å². The predicted molar refractivity (Wildman–Crippen MR) is 161 cm³/mol. The van der Waals surface area contributed by atoms with Gasteiger partial charge in [0.2, 0.25) is 5.91 Å². The maximum Gasteiger partial charge on any atom is 0.242 e. The number of para-hydroxylation sites is 1. The number of hydrogen-bond donors (Lipinski definition) is 3. The first-order valence-corrected chi connectivity index (χ1v) is 14.3. The lowest BCUT2D eigenvalue weighted by Gasteiger charge is -2.43. The first-order chi connectivity index (χ1) is 20.7. The van der Waals surface area contributed by atoms with Gasteiger partial charge in [-0.1, -0.05) is 36.4 Å². The van der Waals surface area contributed by atoms with Crippen molar-refractivity contribution in [3.63, 3.8) is 0 Å². The summed E-state index contributed by atoms with van der Waals surface area (Å²) in [5.41, 5.74) is 8.64. The molecule has 4 aromatic carbocycles. The Morgan fingerprint density at radius 1 is 0.884 bits per heavy atom. The highest BCUT2D eigenvalue weighted by atomic mass is 19.1. The van der Waals surface area contributed by atoms with Crippen molar-refractivity contribution < 1.29 is 22.4 Å². The van der Waals surface area contributed by atoms with E-state index in [-0.39, 0.29) is 23.3 Å². The first kappa shape index (κ1) is 30.3. The molecule has 1 amide bonds. The van der Waals surface area contributed by atoms with Crippen LogP contribution in [0.5, 0.6) is 0 Å². The molecule has 4 atom stereocenters. The van der Waals surface area contributed by atoms with E-state index in [2.05, 4.69) is 34.6 Å². The van der Waals surface area contributed by atoms with Gasteiger partial charge in [-0.25, -0.2) is 17.6 Å². The Hall–Kier alpha value is -4.21. The molecule has 1 saturated heterocycles. The molecular weight excluding hydrogens is 556 g/mol. The molecule has 224 valence electrons. The minimum absolute atomic E-state index is 0.0855. The summed E-state index contributed by atoms with van der Waals surface area (Å²) < 4.78 is 57.3. The second kappa shape index (κ2) is 13.4. The molecule has 0 aliphatic carbocycles. The molecule has 1 aliphatic rings. The number of piperazine rings is 1. The molecule has 4 N–H and O–H groups in total. The Bertz CT molecular complexity index is 1530.